The Morgan fingerprint density at radius 2 is 1.95 bits per heavy atom. The molecule has 0 aromatic heterocycles. The summed E-state index contributed by atoms with van der Waals surface area (Å²) in [6, 6.07) is 7.82. The summed E-state index contributed by atoms with van der Waals surface area (Å²) in [5.74, 6) is 0. The van der Waals surface area contributed by atoms with Gasteiger partial charge in [0.25, 0.3) is 0 Å². The molecule has 1 saturated carbocycles. The highest BCUT2D eigenvalue weighted by molar-refractivity contribution is 7.89. The minimum absolute atomic E-state index is 0.147. The molecule has 20 heavy (non-hydrogen) atoms. The molecular formula is C14H21N3O2S. The van der Waals surface area contributed by atoms with Crippen molar-refractivity contribution in [1.82, 2.24) is 10.0 Å². The van der Waals surface area contributed by atoms with E-state index in [9.17, 15) is 8.42 Å². The normalized spacial score (nSPS) is 23.9. The molecule has 1 aliphatic heterocycles. The van der Waals surface area contributed by atoms with Gasteiger partial charge in [0.05, 0.1) is 4.90 Å². The molecule has 2 aliphatic rings. The van der Waals surface area contributed by atoms with Crippen LogP contribution in [0.2, 0.25) is 0 Å². The Kier molecular flexibility index (Phi) is 3.70. The molecule has 110 valence electrons. The standard InChI is InChI=1S/C14H21N3O2S/c1-11-10-17(9-8-15-11)13-4-6-14(7-5-13)20(18,19)16-12-2-3-12/h4-7,11-12,15-16H,2-3,8-10H2,1H3. The van der Waals surface area contributed by atoms with Crippen molar-refractivity contribution in [3.05, 3.63) is 24.3 Å². The summed E-state index contributed by atoms with van der Waals surface area (Å²) in [6.45, 7) is 5.03. The highest BCUT2D eigenvalue weighted by atomic mass is 32.2. The van der Waals surface area contributed by atoms with Crippen LogP contribution in [-0.4, -0.2) is 40.1 Å². The van der Waals surface area contributed by atoms with Crippen LogP contribution < -0.4 is 14.9 Å². The SMILES string of the molecule is CC1CN(c2ccc(S(=O)(=O)NC3CC3)cc2)CCN1. The van der Waals surface area contributed by atoms with Crippen LogP contribution in [0.4, 0.5) is 5.69 Å². The van der Waals surface area contributed by atoms with Gasteiger partial charge in [-0.1, -0.05) is 0 Å². The van der Waals surface area contributed by atoms with Gasteiger partial charge in [-0.15, -0.1) is 0 Å². The number of nitrogens with one attached hydrogen (secondary N) is 2. The maximum absolute atomic E-state index is 12.1. The van der Waals surface area contributed by atoms with E-state index in [0.717, 1.165) is 38.2 Å². The smallest absolute Gasteiger partial charge is 0.240 e. The van der Waals surface area contributed by atoms with E-state index in [1.807, 2.05) is 12.1 Å². The maximum Gasteiger partial charge on any atom is 0.240 e. The summed E-state index contributed by atoms with van der Waals surface area (Å²) in [6.07, 6.45) is 1.91. The Hall–Kier alpha value is -1.11. The quantitative estimate of drug-likeness (QED) is 0.867. The average molecular weight is 295 g/mol. The number of hydrogen-bond donors (Lipinski definition) is 2. The van der Waals surface area contributed by atoms with E-state index in [4.69, 9.17) is 0 Å². The zero-order valence-electron chi connectivity index (χ0n) is 11.7. The third kappa shape index (κ3) is 3.13. The van der Waals surface area contributed by atoms with E-state index in [1.165, 1.54) is 0 Å². The van der Waals surface area contributed by atoms with Gasteiger partial charge in [-0.3, -0.25) is 0 Å². The van der Waals surface area contributed by atoms with Gasteiger partial charge in [-0.25, -0.2) is 13.1 Å². The Bertz CT molecular complexity index is 567. The Labute approximate surface area is 120 Å². The zero-order chi connectivity index (χ0) is 14.2. The Morgan fingerprint density at radius 3 is 2.55 bits per heavy atom. The van der Waals surface area contributed by atoms with Crippen molar-refractivity contribution < 1.29 is 8.42 Å². The van der Waals surface area contributed by atoms with Gasteiger partial charge in [-0.2, -0.15) is 0 Å². The van der Waals surface area contributed by atoms with Crippen LogP contribution in [0.5, 0.6) is 0 Å². The zero-order valence-corrected chi connectivity index (χ0v) is 12.5. The first-order valence-electron chi connectivity index (χ1n) is 7.15. The molecule has 0 amide bonds. The summed E-state index contributed by atoms with van der Waals surface area (Å²) >= 11 is 0. The lowest BCUT2D eigenvalue weighted by Gasteiger charge is -2.33. The van der Waals surface area contributed by atoms with Crippen LogP contribution >= 0.6 is 0 Å². The van der Waals surface area contributed by atoms with Crippen molar-refractivity contribution in [1.29, 1.82) is 0 Å². The third-order valence-electron chi connectivity index (χ3n) is 3.78. The van der Waals surface area contributed by atoms with Crippen molar-refractivity contribution >= 4 is 15.7 Å². The largest absolute Gasteiger partial charge is 0.369 e. The second-order valence-electron chi connectivity index (χ2n) is 5.69. The lowest BCUT2D eigenvalue weighted by Crippen LogP contribution is -2.49. The number of benzene rings is 1. The average Bonchev–Trinajstić information content (AvgIpc) is 3.22. The summed E-state index contributed by atoms with van der Waals surface area (Å²) < 4.78 is 26.9. The lowest BCUT2D eigenvalue weighted by molar-refractivity contribution is 0.485. The van der Waals surface area contributed by atoms with E-state index >= 15 is 0 Å². The predicted molar refractivity (Wildman–Crippen MR) is 79.5 cm³/mol. The number of sulfonamides is 1. The molecule has 1 aromatic rings. The van der Waals surface area contributed by atoms with Gasteiger partial charge in [0.15, 0.2) is 0 Å². The molecular weight excluding hydrogens is 274 g/mol. The predicted octanol–water partition coefficient (Wildman–Crippen LogP) is 0.925. The molecule has 0 spiro atoms. The van der Waals surface area contributed by atoms with Crippen LogP contribution in [-0.2, 0) is 10.0 Å². The number of hydrogen-bond acceptors (Lipinski definition) is 4. The number of piperazine rings is 1. The summed E-state index contributed by atoms with van der Waals surface area (Å²) in [4.78, 5) is 2.64. The van der Waals surface area contributed by atoms with Crippen molar-refractivity contribution in [3.63, 3.8) is 0 Å². The van der Waals surface area contributed by atoms with Crippen molar-refractivity contribution in [2.24, 2.45) is 0 Å². The molecule has 2 N–H and O–H groups in total. The van der Waals surface area contributed by atoms with Crippen LogP contribution in [0.15, 0.2) is 29.2 Å². The van der Waals surface area contributed by atoms with Crippen molar-refractivity contribution in [3.8, 4) is 0 Å². The van der Waals surface area contributed by atoms with Gasteiger partial charge < -0.3 is 10.2 Å². The lowest BCUT2D eigenvalue weighted by atomic mass is 10.2. The minimum Gasteiger partial charge on any atom is -0.369 e. The fourth-order valence-corrected chi connectivity index (χ4v) is 3.80. The highest BCUT2D eigenvalue weighted by Crippen LogP contribution is 2.23. The van der Waals surface area contributed by atoms with Crippen LogP contribution in [0.25, 0.3) is 0 Å². The number of rotatable bonds is 4. The van der Waals surface area contributed by atoms with Gasteiger partial charge in [0.1, 0.15) is 0 Å². The molecule has 5 nitrogen and oxygen atoms in total. The number of anilines is 1. The molecule has 1 atom stereocenters. The fourth-order valence-electron chi connectivity index (χ4n) is 2.49. The van der Waals surface area contributed by atoms with Crippen LogP contribution in [0, 0.1) is 0 Å². The second kappa shape index (κ2) is 5.35. The summed E-state index contributed by atoms with van der Waals surface area (Å²) in [7, 11) is -3.34. The van der Waals surface area contributed by atoms with Crippen molar-refractivity contribution in [2.45, 2.75) is 36.7 Å². The first kappa shape index (κ1) is 13.9. The minimum atomic E-state index is -3.34. The first-order valence-corrected chi connectivity index (χ1v) is 8.64. The summed E-state index contributed by atoms with van der Waals surface area (Å²) in [5.41, 5.74) is 1.09. The Morgan fingerprint density at radius 1 is 1.25 bits per heavy atom. The van der Waals surface area contributed by atoms with Crippen molar-refractivity contribution in [2.75, 3.05) is 24.5 Å². The fraction of sp³-hybridized carbons (Fsp3) is 0.571. The maximum atomic E-state index is 12.1. The molecule has 1 unspecified atom stereocenters. The molecule has 3 rings (SSSR count). The molecule has 0 bridgehead atoms. The molecule has 1 aromatic carbocycles. The van der Waals surface area contributed by atoms with E-state index in [1.54, 1.807) is 12.1 Å². The molecule has 6 heteroatoms. The molecule has 1 aliphatic carbocycles. The van der Waals surface area contributed by atoms with Crippen LogP contribution in [0.1, 0.15) is 19.8 Å². The van der Waals surface area contributed by atoms with E-state index in [-0.39, 0.29) is 6.04 Å². The van der Waals surface area contributed by atoms with E-state index in [2.05, 4.69) is 21.9 Å². The van der Waals surface area contributed by atoms with Gasteiger partial charge in [0.2, 0.25) is 10.0 Å². The molecule has 2 fully saturated rings. The second-order valence-corrected chi connectivity index (χ2v) is 7.40. The summed E-state index contributed by atoms with van der Waals surface area (Å²) in [5, 5.41) is 3.40. The van der Waals surface area contributed by atoms with Crippen LogP contribution in [0.3, 0.4) is 0 Å². The molecule has 1 saturated heterocycles. The molecule has 1 heterocycles. The first-order chi connectivity index (χ1) is 9.54. The topological polar surface area (TPSA) is 61.4 Å². The third-order valence-corrected chi connectivity index (χ3v) is 5.32. The number of nitrogens with zero attached hydrogens (tertiary/aromatic N) is 1. The van der Waals surface area contributed by atoms with E-state index < -0.39 is 10.0 Å². The van der Waals surface area contributed by atoms with E-state index in [0.29, 0.717) is 10.9 Å². The van der Waals surface area contributed by atoms with Gasteiger partial charge in [-0.05, 0) is 44.0 Å². The Balaban J connectivity index is 1.73. The van der Waals surface area contributed by atoms with Gasteiger partial charge >= 0.3 is 0 Å². The van der Waals surface area contributed by atoms with Gasteiger partial charge in [0, 0.05) is 37.4 Å². The highest BCUT2D eigenvalue weighted by Gasteiger charge is 2.28. The molecule has 0 radical (unpaired) electrons. The monoisotopic (exact) mass is 295 g/mol.